The lowest BCUT2D eigenvalue weighted by Crippen LogP contribution is -1.95. The minimum absolute atomic E-state index is 0.689. The van der Waals surface area contributed by atoms with Crippen LogP contribution in [0.25, 0.3) is 22.6 Å². The van der Waals surface area contributed by atoms with Gasteiger partial charge in [-0.3, -0.25) is 0 Å². The highest BCUT2D eigenvalue weighted by Crippen LogP contribution is 2.31. The number of aryl methyl sites for hydroxylation is 1. The van der Waals surface area contributed by atoms with Gasteiger partial charge in [-0.05, 0) is 17.7 Å². The molecular weight excluding hydrogens is 352 g/mol. The van der Waals surface area contributed by atoms with Gasteiger partial charge in [-0.2, -0.15) is 0 Å². The maximum atomic E-state index is 6.13. The molecule has 0 fully saturated rings. The van der Waals surface area contributed by atoms with Gasteiger partial charge in [0.05, 0.1) is 0 Å². The van der Waals surface area contributed by atoms with Crippen LogP contribution in [0.5, 0.6) is 0 Å². The van der Waals surface area contributed by atoms with Crippen molar-refractivity contribution in [3.8, 4) is 11.4 Å². The van der Waals surface area contributed by atoms with Crippen LogP contribution in [0.4, 0.5) is 0 Å². The molecule has 0 aliphatic carbocycles. The molecule has 2 heterocycles. The highest BCUT2D eigenvalue weighted by atomic mass is 35.5. The third kappa shape index (κ3) is 3.25. The molecule has 2 aromatic heterocycles. The van der Waals surface area contributed by atoms with Crippen LogP contribution in [0.15, 0.2) is 66.0 Å². The minimum Gasteiger partial charge on any atom is -0.324 e. The molecule has 4 nitrogen and oxygen atoms in total. The fourth-order valence-electron chi connectivity index (χ4n) is 2.73. The van der Waals surface area contributed by atoms with Crippen molar-refractivity contribution in [2.75, 3.05) is 0 Å². The Bertz CT molecular complexity index is 1030. The molecular formula is C19H15ClN4S. The monoisotopic (exact) mass is 366 g/mol. The lowest BCUT2D eigenvalue weighted by atomic mass is 10.2. The lowest BCUT2D eigenvalue weighted by molar-refractivity contribution is 0.934. The number of aromatic nitrogens is 4. The van der Waals surface area contributed by atoms with Crippen molar-refractivity contribution in [2.45, 2.75) is 10.8 Å². The van der Waals surface area contributed by atoms with Crippen molar-refractivity contribution in [2.24, 2.45) is 7.05 Å². The standard InChI is InChI=1S/C19H15ClN4S/c1-24-16-17(23-18(24)14-8-5-9-15(20)10-14)21-12-22-19(16)25-11-13-6-3-2-4-7-13/h2-10,12H,11H2,1H3. The van der Waals surface area contributed by atoms with Gasteiger partial charge >= 0.3 is 0 Å². The molecule has 124 valence electrons. The van der Waals surface area contributed by atoms with Crippen molar-refractivity contribution in [3.63, 3.8) is 0 Å². The number of rotatable bonds is 4. The topological polar surface area (TPSA) is 43.6 Å². The Morgan fingerprint density at radius 2 is 1.88 bits per heavy atom. The number of thioether (sulfide) groups is 1. The third-order valence-electron chi connectivity index (χ3n) is 3.94. The van der Waals surface area contributed by atoms with Crippen molar-refractivity contribution in [3.05, 3.63) is 71.5 Å². The average Bonchev–Trinajstić information content (AvgIpc) is 2.98. The van der Waals surface area contributed by atoms with Gasteiger partial charge in [-0.1, -0.05) is 65.8 Å². The number of halogens is 1. The van der Waals surface area contributed by atoms with Crippen molar-refractivity contribution in [1.29, 1.82) is 0 Å². The molecule has 0 amide bonds. The number of nitrogens with zero attached hydrogens (tertiary/aromatic N) is 4. The maximum Gasteiger partial charge on any atom is 0.182 e. The number of fused-ring (bicyclic) bond motifs is 1. The Morgan fingerprint density at radius 3 is 2.68 bits per heavy atom. The Hall–Kier alpha value is -2.37. The van der Waals surface area contributed by atoms with E-state index in [1.807, 2.05) is 54.1 Å². The molecule has 2 aromatic carbocycles. The predicted octanol–water partition coefficient (Wildman–Crippen LogP) is 4.98. The first-order valence-corrected chi connectivity index (χ1v) is 9.19. The molecule has 0 spiro atoms. The molecule has 6 heteroatoms. The van der Waals surface area contributed by atoms with Gasteiger partial charge in [-0.25, -0.2) is 15.0 Å². The van der Waals surface area contributed by atoms with Crippen LogP contribution in [0.2, 0.25) is 5.02 Å². The van der Waals surface area contributed by atoms with Crippen LogP contribution >= 0.6 is 23.4 Å². The molecule has 0 atom stereocenters. The number of hydrogen-bond donors (Lipinski definition) is 0. The Kier molecular flexibility index (Phi) is 4.42. The molecule has 0 unspecified atom stereocenters. The molecule has 0 aliphatic rings. The van der Waals surface area contributed by atoms with Crippen molar-refractivity contribution >= 4 is 34.5 Å². The fourth-order valence-corrected chi connectivity index (χ4v) is 3.90. The minimum atomic E-state index is 0.689. The zero-order chi connectivity index (χ0) is 17.2. The molecule has 4 aromatic rings. The van der Waals surface area contributed by atoms with Crippen molar-refractivity contribution < 1.29 is 0 Å². The van der Waals surface area contributed by atoms with Crippen molar-refractivity contribution in [1.82, 2.24) is 19.5 Å². The second-order valence-electron chi connectivity index (χ2n) is 5.63. The summed E-state index contributed by atoms with van der Waals surface area (Å²) in [6.07, 6.45) is 1.57. The van der Waals surface area contributed by atoms with Crippen LogP contribution in [0.1, 0.15) is 5.56 Å². The predicted molar refractivity (Wildman–Crippen MR) is 103 cm³/mol. The summed E-state index contributed by atoms with van der Waals surface area (Å²) in [5, 5.41) is 1.62. The Balaban J connectivity index is 1.74. The molecule has 0 saturated heterocycles. The van der Waals surface area contributed by atoms with Gasteiger partial charge in [0, 0.05) is 23.4 Å². The smallest absolute Gasteiger partial charge is 0.182 e. The second kappa shape index (κ2) is 6.86. The van der Waals surface area contributed by atoms with E-state index >= 15 is 0 Å². The summed E-state index contributed by atoms with van der Waals surface area (Å²) in [4.78, 5) is 13.5. The van der Waals surface area contributed by atoms with Crippen LogP contribution < -0.4 is 0 Å². The highest BCUT2D eigenvalue weighted by molar-refractivity contribution is 7.98. The van der Waals surface area contributed by atoms with E-state index < -0.39 is 0 Å². The lowest BCUT2D eigenvalue weighted by Gasteiger charge is -2.06. The van der Waals surface area contributed by atoms with Gasteiger partial charge in [0.2, 0.25) is 0 Å². The van der Waals surface area contributed by atoms with Crippen LogP contribution in [-0.2, 0) is 12.8 Å². The van der Waals surface area contributed by atoms with E-state index in [9.17, 15) is 0 Å². The second-order valence-corrected chi connectivity index (χ2v) is 7.03. The largest absolute Gasteiger partial charge is 0.324 e. The summed E-state index contributed by atoms with van der Waals surface area (Å²) in [5.41, 5.74) is 3.87. The first kappa shape index (κ1) is 16.1. The number of benzene rings is 2. The van der Waals surface area contributed by atoms with E-state index in [0.29, 0.717) is 10.7 Å². The van der Waals surface area contributed by atoms with Crippen LogP contribution in [-0.4, -0.2) is 19.5 Å². The molecule has 25 heavy (non-hydrogen) atoms. The molecule has 4 rings (SSSR count). The average molecular weight is 367 g/mol. The van der Waals surface area contributed by atoms with Crippen LogP contribution in [0, 0.1) is 0 Å². The first-order chi connectivity index (χ1) is 12.2. The summed E-state index contributed by atoms with van der Waals surface area (Å²) in [5.74, 6) is 1.68. The number of hydrogen-bond acceptors (Lipinski definition) is 4. The van der Waals surface area contributed by atoms with E-state index in [-0.39, 0.29) is 0 Å². The van der Waals surface area contributed by atoms with E-state index in [2.05, 4.69) is 27.1 Å². The third-order valence-corrected chi connectivity index (χ3v) is 5.22. The quantitative estimate of drug-likeness (QED) is 0.377. The van der Waals surface area contributed by atoms with Gasteiger partial charge in [0.15, 0.2) is 5.65 Å². The molecule has 0 aliphatic heterocycles. The van der Waals surface area contributed by atoms with Crippen LogP contribution in [0.3, 0.4) is 0 Å². The summed E-state index contributed by atoms with van der Waals surface area (Å²) in [7, 11) is 1.99. The Morgan fingerprint density at radius 1 is 1.04 bits per heavy atom. The fraction of sp³-hybridized carbons (Fsp3) is 0.105. The van der Waals surface area contributed by atoms with Gasteiger partial charge in [-0.15, -0.1) is 0 Å². The first-order valence-electron chi connectivity index (χ1n) is 7.82. The normalized spacial score (nSPS) is 11.1. The van der Waals surface area contributed by atoms with E-state index in [0.717, 1.165) is 27.7 Å². The SMILES string of the molecule is Cn1c(-c2cccc(Cl)c2)nc2ncnc(SCc3ccccc3)c21. The zero-order valence-corrected chi connectivity index (χ0v) is 15.1. The van der Waals surface area contributed by atoms with E-state index in [1.54, 1.807) is 18.1 Å². The maximum absolute atomic E-state index is 6.13. The summed E-state index contributed by atoms with van der Waals surface area (Å²) >= 11 is 7.82. The van der Waals surface area contributed by atoms with Gasteiger partial charge in [0.25, 0.3) is 0 Å². The van der Waals surface area contributed by atoms with Gasteiger partial charge in [0.1, 0.15) is 22.7 Å². The molecule has 0 saturated carbocycles. The molecule has 0 radical (unpaired) electrons. The Labute approximate surface area is 154 Å². The zero-order valence-electron chi connectivity index (χ0n) is 13.6. The summed E-state index contributed by atoms with van der Waals surface area (Å²) in [6, 6.07) is 18.0. The number of imidazole rings is 1. The summed E-state index contributed by atoms with van der Waals surface area (Å²) < 4.78 is 2.04. The molecule has 0 N–H and O–H groups in total. The molecule has 0 bridgehead atoms. The highest BCUT2D eigenvalue weighted by Gasteiger charge is 2.15. The van der Waals surface area contributed by atoms with E-state index in [4.69, 9.17) is 11.6 Å². The van der Waals surface area contributed by atoms with Gasteiger partial charge < -0.3 is 4.57 Å². The van der Waals surface area contributed by atoms with E-state index in [1.165, 1.54) is 5.56 Å². The summed E-state index contributed by atoms with van der Waals surface area (Å²) in [6.45, 7) is 0.